The molecule has 1 aromatic heterocycles. The van der Waals surface area contributed by atoms with Crippen LogP contribution in [0.15, 0.2) is 48.7 Å². The molecule has 0 spiro atoms. The number of fused-ring (bicyclic) bond motifs is 1. The minimum atomic E-state index is -0.494. The van der Waals surface area contributed by atoms with E-state index >= 15 is 0 Å². The van der Waals surface area contributed by atoms with Crippen LogP contribution in [0.2, 0.25) is 0 Å². The fourth-order valence-corrected chi connectivity index (χ4v) is 2.37. The molecule has 1 aromatic carbocycles. The molecule has 1 amide bonds. The van der Waals surface area contributed by atoms with Gasteiger partial charge in [0.1, 0.15) is 5.75 Å². The number of aromatic nitrogens is 1. The van der Waals surface area contributed by atoms with Crippen molar-refractivity contribution in [1.29, 1.82) is 0 Å². The third-order valence-corrected chi connectivity index (χ3v) is 3.40. The van der Waals surface area contributed by atoms with Crippen molar-refractivity contribution in [2.75, 3.05) is 0 Å². The van der Waals surface area contributed by atoms with Crippen molar-refractivity contribution >= 4 is 5.91 Å². The van der Waals surface area contributed by atoms with Gasteiger partial charge in [0.05, 0.1) is 12.2 Å². The van der Waals surface area contributed by atoms with E-state index in [0.717, 1.165) is 11.3 Å². The zero-order valence-corrected chi connectivity index (χ0v) is 11.3. The minimum absolute atomic E-state index is 0.00754. The van der Waals surface area contributed by atoms with Crippen LogP contribution in [0.3, 0.4) is 0 Å². The van der Waals surface area contributed by atoms with Crippen LogP contribution >= 0.6 is 0 Å². The molecule has 2 heterocycles. The standard InChI is InChI=1S/C16H16N2O2/c1-12(20-14-7-3-2-4-8-14)16(19)18-10-13-6-5-9-17-15(13)11-18/h2-9,12H,10-11H2,1H3. The molecule has 4 heteroatoms. The lowest BCUT2D eigenvalue weighted by Gasteiger charge is -2.21. The molecule has 0 saturated carbocycles. The summed E-state index contributed by atoms with van der Waals surface area (Å²) in [5.41, 5.74) is 2.10. The Balaban J connectivity index is 1.66. The largest absolute Gasteiger partial charge is 0.481 e. The van der Waals surface area contributed by atoms with Gasteiger partial charge in [-0.1, -0.05) is 24.3 Å². The van der Waals surface area contributed by atoms with E-state index in [1.807, 2.05) is 42.5 Å². The maximum Gasteiger partial charge on any atom is 0.264 e. The van der Waals surface area contributed by atoms with Crippen LogP contribution in [-0.2, 0) is 17.9 Å². The minimum Gasteiger partial charge on any atom is -0.481 e. The lowest BCUT2D eigenvalue weighted by molar-refractivity contribution is -0.138. The van der Waals surface area contributed by atoms with Crippen LogP contribution in [0.5, 0.6) is 5.75 Å². The van der Waals surface area contributed by atoms with Gasteiger partial charge in [-0.15, -0.1) is 0 Å². The smallest absolute Gasteiger partial charge is 0.264 e. The average Bonchev–Trinajstić information content (AvgIpc) is 2.91. The van der Waals surface area contributed by atoms with Gasteiger partial charge in [-0.05, 0) is 30.7 Å². The van der Waals surface area contributed by atoms with Crippen molar-refractivity contribution in [2.24, 2.45) is 0 Å². The summed E-state index contributed by atoms with van der Waals surface area (Å²) >= 11 is 0. The van der Waals surface area contributed by atoms with Crippen molar-refractivity contribution < 1.29 is 9.53 Å². The fourth-order valence-electron chi connectivity index (χ4n) is 2.37. The number of para-hydroxylation sites is 1. The number of benzene rings is 1. The molecule has 0 N–H and O–H groups in total. The normalized spacial score (nSPS) is 14.8. The van der Waals surface area contributed by atoms with Crippen LogP contribution in [0.1, 0.15) is 18.2 Å². The second-order valence-electron chi connectivity index (χ2n) is 4.88. The summed E-state index contributed by atoms with van der Waals surface area (Å²) < 4.78 is 5.68. The Morgan fingerprint density at radius 3 is 2.75 bits per heavy atom. The first kappa shape index (κ1) is 12.7. The number of pyridine rings is 1. The topological polar surface area (TPSA) is 42.4 Å². The van der Waals surface area contributed by atoms with Gasteiger partial charge < -0.3 is 9.64 Å². The van der Waals surface area contributed by atoms with Gasteiger partial charge in [0.25, 0.3) is 5.91 Å². The van der Waals surface area contributed by atoms with Gasteiger partial charge in [0.15, 0.2) is 6.10 Å². The first-order valence-corrected chi connectivity index (χ1v) is 6.67. The number of hydrogen-bond donors (Lipinski definition) is 0. The average molecular weight is 268 g/mol. The molecule has 0 fully saturated rings. The van der Waals surface area contributed by atoms with E-state index in [2.05, 4.69) is 4.98 Å². The molecule has 0 radical (unpaired) electrons. The highest BCUT2D eigenvalue weighted by molar-refractivity contribution is 5.81. The molecule has 0 aliphatic carbocycles. The molecule has 3 rings (SSSR count). The Morgan fingerprint density at radius 2 is 2.00 bits per heavy atom. The molecule has 2 aromatic rings. The third-order valence-electron chi connectivity index (χ3n) is 3.40. The molecule has 1 aliphatic rings. The molecule has 0 bridgehead atoms. The highest BCUT2D eigenvalue weighted by atomic mass is 16.5. The number of carbonyl (C=O) groups is 1. The van der Waals surface area contributed by atoms with E-state index in [4.69, 9.17) is 4.74 Å². The molecule has 20 heavy (non-hydrogen) atoms. The number of nitrogens with zero attached hydrogens (tertiary/aromatic N) is 2. The Labute approximate surface area is 118 Å². The van der Waals surface area contributed by atoms with E-state index in [0.29, 0.717) is 18.8 Å². The summed E-state index contributed by atoms with van der Waals surface area (Å²) in [6.45, 7) is 2.97. The van der Waals surface area contributed by atoms with E-state index in [9.17, 15) is 4.79 Å². The predicted molar refractivity (Wildman–Crippen MR) is 75.0 cm³/mol. The number of rotatable bonds is 3. The molecular weight excluding hydrogens is 252 g/mol. The second-order valence-corrected chi connectivity index (χ2v) is 4.88. The van der Waals surface area contributed by atoms with E-state index in [-0.39, 0.29) is 5.91 Å². The zero-order valence-electron chi connectivity index (χ0n) is 11.3. The SMILES string of the molecule is CC(Oc1ccccc1)C(=O)N1Cc2cccnc2C1. The van der Waals surface area contributed by atoms with Crippen molar-refractivity contribution in [2.45, 2.75) is 26.1 Å². The summed E-state index contributed by atoms with van der Waals surface area (Å²) in [7, 11) is 0. The fraction of sp³-hybridized carbons (Fsp3) is 0.250. The Bertz CT molecular complexity index is 588. The molecule has 1 aliphatic heterocycles. The second kappa shape index (κ2) is 5.33. The highest BCUT2D eigenvalue weighted by Crippen LogP contribution is 2.22. The number of hydrogen-bond acceptors (Lipinski definition) is 3. The maximum atomic E-state index is 12.4. The quantitative estimate of drug-likeness (QED) is 0.858. The summed E-state index contributed by atoms with van der Waals surface area (Å²) in [6.07, 6.45) is 1.27. The van der Waals surface area contributed by atoms with Gasteiger partial charge in [-0.3, -0.25) is 9.78 Å². The van der Waals surface area contributed by atoms with Crippen molar-refractivity contribution in [3.05, 3.63) is 59.9 Å². The van der Waals surface area contributed by atoms with Gasteiger partial charge in [-0.2, -0.15) is 0 Å². The lowest BCUT2D eigenvalue weighted by atomic mass is 10.2. The first-order chi connectivity index (χ1) is 9.74. The van der Waals surface area contributed by atoms with Crippen LogP contribution in [0.25, 0.3) is 0 Å². The Morgan fingerprint density at radius 1 is 1.20 bits per heavy atom. The molecule has 4 nitrogen and oxygen atoms in total. The van der Waals surface area contributed by atoms with Crippen molar-refractivity contribution in [1.82, 2.24) is 9.88 Å². The maximum absolute atomic E-state index is 12.4. The van der Waals surface area contributed by atoms with Gasteiger partial charge in [0.2, 0.25) is 0 Å². The summed E-state index contributed by atoms with van der Waals surface area (Å²) in [4.78, 5) is 18.5. The number of carbonyl (C=O) groups excluding carboxylic acids is 1. The van der Waals surface area contributed by atoms with Crippen LogP contribution < -0.4 is 4.74 Å². The van der Waals surface area contributed by atoms with Crippen LogP contribution in [-0.4, -0.2) is 21.9 Å². The number of ether oxygens (including phenoxy) is 1. The molecule has 1 unspecified atom stereocenters. The number of amides is 1. The lowest BCUT2D eigenvalue weighted by Crippen LogP contribution is -2.37. The summed E-state index contributed by atoms with van der Waals surface area (Å²) in [5.74, 6) is 0.704. The predicted octanol–water partition coefficient (Wildman–Crippen LogP) is 2.39. The van der Waals surface area contributed by atoms with Crippen LogP contribution in [0.4, 0.5) is 0 Å². The zero-order chi connectivity index (χ0) is 13.9. The van der Waals surface area contributed by atoms with Crippen LogP contribution in [0, 0.1) is 0 Å². The van der Waals surface area contributed by atoms with Gasteiger partial charge in [0, 0.05) is 12.7 Å². The molecule has 0 saturated heterocycles. The van der Waals surface area contributed by atoms with E-state index in [1.165, 1.54) is 0 Å². The van der Waals surface area contributed by atoms with E-state index < -0.39 is 6.10 Å². The highest BCUT2D eigenvalue weighted by Gasteiger charge is 2.28. The third kappa shape index (κ3) is 2.50. The summed E-state index contributed by atoms with van der Waals surface area (Å²) in [5, 5.41) is 0. The first-order valence-electron chi connectivity index (χ1n) is 6.67. The monoisotopic (exact) mass is 268 g/mol. The Hall–Kier alpha value is -2.36. The summed E-state index contributed by atoms with van der Waals surface area (Å²) in [6, 6.07) is 13.3. The molecule has 1 atom stereocenters. The molecule has 102 valence electrons. The Kier molecular flexibility index (Phi) is 3.37. The van der Waals surface area contributed by atoms with Crippen molar-refractivity contribution in [3.63, 3.8) is 0 Å². The van der Waals surface area contributed by atoms with Gasteiger partial charge in [-0.25, -0.2) is 0 Å². The van der Waals surface area contributed by atoms with E-state index in [1.54, 1.807) is 18.0 Å². The van der Waals surface area contributed by atoms with Gasteiger partial charge >= 0.3 is 0 Å². The van der Waals surface area contributed by atoms with Crippen molar-refractivity contribution in [3.8, 4) is 5.75 Å². The molecular formula is C16H16N2O2.